The highest BCUT2D eigenvalue weighted by Crippen LogP contribution is 2.20. The van der Waals surface area contributed by atoms with Crippen molar-refractivity contribution >= 4 is 10.9 Å². The number of nitrogens with zero attached hydrogens (tertiary/aromatic N) is 1. The number of benzene rings is 1. The molecule has 2 aromatic rings. The molecule has 0 saturated carbocycles. The third kappa shape index (κ3) is 4.47. The second kappa shape index (κ2) is 6.95. The molecule has 0 amide bonds. The first-order chi connectivity index (χ1) is 10.0. The highest BCUT2D eigenvalue weighted by molar-refractivity contribution is 5.81. The van der Waals surface area contributed by atoms with Crippen LogP contribution in [0.15, 0.2) is 30.3 Å². The van der Waals surface area contributed by atoms with Crippen LogP contribution >= 0.6 is 0 Å². The SMILES string of the molecule is CNCc1cc2ccccc2n1CCCOCC(F)(F)F. The van der Waals surface area contributed by atoms with Crippen LogP contribution in [-0.2, 0) is 17.8 Å². The molecule has 0 saturated heterocycles. The quantitative estimate of drug-likeness (QED) is 0.794. The monoisotopic (exact) mass is 300 g/mol. The summed E-state index contributed by atoms with van der Waals surface area (Å²) in [6, 6.07) is 10.1. The highest BCUT2D eigenvalue weighted by atomic mass is 19.4. The Labute approximate surface area is 121 Å². The molecule has 0 radical (unpaired) electrons. The van der Waals surface area contributed by atoms with Crippen molar-refractivity contribution in [1.82, 2.24) is 9.88 Å². The first-order valence-corrected chi connectivity index (χ1v) is 6.87. The summed E-state index contributed by atoms with van der Waals surface area (Å²) in [6.07, 6.45) is -3.71. The van der Waals surface area contributed by atoms with Gasteiger partial charge in [-0.3, -0.25) is 0 Å². The van der Waals surface area contributed by atoms with Gasteiger partial charge < -0.3 is 14.6 Å². The smallest absolute Gasteiger partial charge is 0.372 e. The fourth-order valence-electron chi connectivity index (χ4n) is 2.37. The normalized spacial score (nSPS) is 12.2. The summed E-state index contributed by atoms with van der Waals surface area (Å²) in [7, 11) is 1.87. The van der Waals surface area contributed by atoms with E-state index in [2.05, 4.69) is 20.7 Å². The standard InChI is InChI=1S/C15H19F3N2O/c1-19-10-13-9-12-5-2-3-6-14(12)20(13)7-4-8-21-11-15(16,17)18/h2-3,5-6,9,19H,4,7-8,10-11H2,1H3. The first kappa shape index (κ1) is 15.9. The van der Waals surface area contributed by atoms with Crippen molar-refractivity contribution < 1.29 is 17.9 Å². The number of aromatic nitrogens is 1. The number of hydrogen-bond donors (Lipinski definition) is 1. The lowest BCUT2D eigenvalue weighted by Gasteiger charge is -2.11. The average Bonchev–Trinajstić information content (AvgIpc) is 2.76. The van der Waals surface area contributed by atoms with E-state index in [1.165, 1.54) is 0 Å². The zero-order valence-corrected chi connectivity index (χ0v) is 11.9. The van der Waals surface area contributed by atoms with Crippen LogP contribution in [0, 0.1) is 0 Å². The Morgan fingerprint density at radius 1 is 1.24 bits per heavy atom. The van der Waals surface area contributed by atoms with Crippen LogP contribution in [0.1, 0.15) is 12.1 Å². The van der Waals surface area contributed by atoms with E-state index >= 15 is 0 Å². The molecule has 0 atom stereocenters. The molecule has 0 unspecified atom stereocenters. The minimum absolute atomic E-state index is 0.102. The maximum Gasteiger partial charge on any atom is 0.411 e. The molecule has 116 valence electrons. The average molecular weight is 300 g/mol. The van der Waals surface area contributed by atoms with Crippen molar-refractivity contribution in [3.8, 4) is 0 Å². The molecule has 21 heavy (non-hydrogen) atoms. The van der Waals surface area contributed by atoms with Gasteiger partial charge in [-0.2, -0.15) is 13.2 Å². The van der Waals surface area contributed by atoms with E-state index in [4.69, 9.17) is 0 Å². The number of ether oxygens (including phenoxy) is 1. The lowest BCUT2D eigenvalue weighted by Crippen LogP contribution is -2.18. The maximum atomic E-state index is 12.0. The summed E-state index contributed by atoms with van der Waals surface area (Å²) >= 11 is 0. The number of fused-ring (bicyclic) bond motifs is 1. The molecule has 0 aliphatic carbocycles. The Bertz CT molecular complexity index is 578. The van der Waals surface area contributed by atoms with Crippen molar-refractivity contribution in [2.24, 2.45) is 0 Å². The number of aryl methyl sites for hydroxylation is 1. The van der Waals surface area contributed by atoms with Crippen LogP contribution in [0.3, 0.4) is 0 Å². The van der Waals surface area contributed by atoms with Crippen molar-refractivity contribution in [2.45, 2.75) is 25.7 Å². The highest BCUT2D eigenvalue weighted by Gasteiger charge is 2.27. The van der Waals surface area contributed by atoms with Crippen LogP contribution in [0.5, 0.6) is 0 Å². The van der Waals surface area contributed by atoms with Gasteiger partial charge in [-0.1, -0.05) is 18.2 Å². The number of halogens is 3. The Hall–Kier alpha value is -1.53. The second-order valence-corrected chi connectivity index (χ2v) is 4.90. The van der Waals surface area contributed by atoms with E-state index in [1.54, 1.807) is 0 Å². The van der Waals surface area contributed by atoms with Gasteiger partial charge in [0.1, 0.15) is 6.61 Å². The van der Waals surface area contributed by atoms with Gasteiger partial charge >= 0.3 is 6.18 Å². The number of para-hydroxylation sites is 1. The molecular formula is C15H19F3N2O. The molecule has 6 heteroatoms. The van der Waals surface area contributed by atoms with Gasteiger partial charge in [0.15, 0.2) is 0 Å². The van der Waals surface area contributed by atoms with Crippen LogP contribution in [0.25, 0.3) is 10.9 Å². The molecule has 1 aromatic heterocycles. The van der Waals surface area contributed by atoms with E-state index in [1.807, 2.05) is 31.3 Å². The van der Waals surface area contributed by atoms with Crippen LogP contribution in [0.2, 0.25) is 0 Å². The minimum Gasteiger partial charge on any atom is -0.372 e. The molecule has 0 bridgehead atoms. The van der Waals surface area contributed by atoms with Gasteiger partial charge in [-0.15, -0.1) is 0 Å². The third-order valence-corrected chi connectivity index (χ3v) is 3.19. The van der Waals surface area contributed by atoms with E-state index in [9.17, 15) is 13.2 Å². The van der Waals surface area contributed by atoms with Crippen molar-refractivity contribution in [2.75, 3.05) is 20.3 Å². The van der Waals surface area contributed by atoms with Crippen molar-refractivity contribution in [3.05, 3.63) is 36.0 Å². The second-order valence-electron chi connectivity index (χ2n) is 4.90. The summed E-state index contributed by atoms with van der Waals surface area (Å²) in [6.45, 7) is 0.286. The molecule has 2 rings (SSSR count). The molecule has 0 aliphatic rings. The maximum absolute atomic E-state index is 12.0. The predicted octanol–water partition coefficient (Wildman–Crippen LogP) is 3.33. The lowest BCUT2D eigenvalue weighted by atomic mass is 10.2. The molecule has 0 aliphatic heterocycles. The summed E-state index contributed by atoms with van der Waals surface area (Å²) in [5.74, 6) is 0. The predicted molar refractivity (Wildman–Crippen MR) is 76.2 cm³/mol. The summed E-state index contributed by atoms with van der Waals surface area (Å²) < 4.78 is 42.8. The van der Waals surface area contributed by atoms with Crippen molar-refractivity contribution in [1.29, 1.82) is 0 Å². The first-order valence-electron chi connectivity index (χ1n) is 6.87. The van der Waals surface area contributed by atoms with Gasteiger partial charge in [-0.05, 0) is 31.0 Å². The zero-order valence-electron chi connectivity index (χ0n) is 11.9. The van der Waals surface area contributed by atoms with E-state index in [-0.39, 0.29) is 6.61 Å². The molecule has 0 fully saturated rings. The fraction of sp³-hybridized carbons (Fsp3) is 0.467. The lowest BCUT2D eigenvalue weighted by molar-refractivity contribution is -0.174. The minimum atomic E-state index is -4.25. The van der Waals surface area contributed by atoms with Crippen LogP contribution in [-0.4, -0.2) is 31.0 Å². The van der Waals surface area contributed by atoms with E-state index in [0.29, 0.717) is 13.0 Å². The summed E-state index contributed by atoms with van der Waals surface area (Å²) in [5, 5.41) is 4.24. The Morgan fingerprint density at radius 3 is 2.71 bits per heavy atom. The molecule has 3 nitrogen and oxygen atoms in total. The van der Waals surface area contributed by atoms with Gasteiger partial charge in [0, 0.05) is 30.9 Å². The molecule has 1 heterocycles. The number of alkyl halides is 3. The topological polar surface area (TPSA) is 26.2 Å². The van der Waals surface area contributed by atoms with Gasteiger partial charge in [0.05, 0.1) is 0 Å². The summed E-state index contributed by atoms with van der Waals surface area (Å²) in [4.78, 5) is 0. The van der Waals surface area contributed by atoms with E-state index < -0.39 is 12.8 Å². The zero-order chi connectivity index (χ0) is 15.3. The Balaban J connectivity index is 1.98. The molecule has 1 N–H and O–H groups in total. The van der Waals surface area contributed by atoms with Crippen molar-refractivity contribution in [3.63, 3.8) is 0 Å². The van der Waals surface area contributed by atoms with Crippen LogP contribution in [0.4, 0.5) is 13.2 Å². The molecule has 1 aromatic carbocycles. The Kier molecular flexibility index (Phi) is 5.25. The fourth-order valence-corrected chi connectivity index (χ4v) is 2.37. The number of hydrogen-bond acceptors (Lipinski definition) is 2. The van der Waals surface area contributed by atoms with Crippen LogP contribution < -0.4 is 5.32 Å². The Morgan fingerprint density at radius 2 is 2.00 bits per heavy atom. The number of rotatable bonds is 7. The number of nitrogens with one attached hydrogen (secondary N) is 1. The van der Waals surface area contributed by atoms with Gasteiger partial charge in [0.25, 0.3) is 0 Å². The van der Waals surface area contributed by atoms with E-state index in [0.717, 1.165) is 23.1 Å². The summed E-state index contributed by atoms with van der Waals surface area (Å²) in [5.41, 5.74) is 2.22. The molecular weight excluding hydrogens is 281 g/mol. The van der Waals surface area contributed by atoms with Gasteiger partial charge in [0.2, 0.25) is 0 Å². The molecule has 0 spiro atoms. The van der Waals surface area contributed by atoms with Gasteiger partial charge in [-0.25, -0.2) is 0 Å². The largest absolute Gasteiger partial charge is 0.411 e. The third-order valence-electron chi connectivity index (χ3n) is 3.19.